The molecule has 1 heterocycles. The topological polar surface area (TPSA) is 32.9 Å². The van der Waals surface area contributed by atoms with Gasteiger partial charge in [-0.15, -0.1) is 0 Å². The van der Waals surface area contributed by atoms with Gasteiger partial charge in [0.1, 0.15) is 0 Å². The maximum Gasteiger partial charge on any atom is 0.195 e. The summed E-state index contributed by atoms with van der Waals surface area (Å²) >= 11 is 3.38. The molecular formula is C16H12BrNO. The molecule has 1 N–H and O–H groups in total. The molecule has 0 atom stereocenters. The molecule has 0 fully saturated rings. The lowest BCUT2D eigenvalue weighted by atomic mass is 10.0. The predicted octanol–water partition coefficient (Wildman–Crippen LogP) is 4.47. The largest absolute Gasteiger partial charge is 0.360 e. The minimum Gasteiger partial charge on any atom is -0.360 e. The molecule has 0 saturated heterocycles. The summed E-state index contributed by atoms with van der Waals surface area (Å²) < 4.78 is 0.971. The van der Waals surface area contributed by atoms with Gasteiger partial charge in [-0.2, -0.15) is 0 Å². The highest BCUT2D eigenvalue weighted by Gasteiger charge is 2.13. The van der Waals surface area contributed by atoms with Gasteiger partial charge in [-0.1, -0.05) is 27.6 Å². The highest BCUT2D eigenvalue weighted by Crippen LogP contribution is 2.23. The Bertz CT molecular complexity index is 756. The number of benzene rings is 2. The lowest BCUT2D eigenvalue weighted by Gasteiger charge is -2.01. The number of rotatable bonds is 2. The van der Waals surface area contributed by atoms with Crippen molar-refractivity contribution in [3.63, 3.8) is 0 Å². The van der Waals surface area contributed by atoms with Crippen molar-refractivity contribution in [2.45, 2.75) is 6.92 Å². The fraction of sp³-hybridized carbons (Fsp3) is 0.0625. The molecule has 0 radical (unpaired) electrons. The smallest absolute Gasteiger partial charge is 0.195 e. The first-order valence-corrected chi connectivity index (χ1v) is 6.82. The second-order valence-corrected chi connectivity index (χ2v) is 5.50. The number of halogens is 1. The molecule has 1 aromatic heterocycles. The lowest BCUT2D eigenvalue weighted by Crippen LogP contribution is -1.99. The van der Waals surface area contributed by atoms with Crippen LogP contribution in [-0.2, 0) is 0 Å². The highest BCUT2D eigenvalue weighted by atomic mass is 79.9. The molecule has 2 aromatic carbocycles. The number of hydrogen-bond acceptors (Lipinski definition) is 1. The summed E-state index contributed by atoms with van der Waals surface area (Å²) in [6.07, 6.45) is 1.79. The van der Waals surface area contributed by atoms with Crippen molar-refractivity contribution in [2.24, 2.45) is 0 Å². The van der Waals surface area contributed by atoms with Gasteiger partial charge in [0, 0.05) is 32.7 Å². The first-order chi connectivity index (χ1) is 9.15. The molecule has 3 rings (SSSR count). The minimum absolute atomic E-state index is 0.0457. The summed E-state index contributed by atoms with van der Waals surface area (Å²) in [4.78, 5) is 15.7. The van der Waals surface area contributed by atoms with Crippen LogP contribution in [0.15, 0.2) is 53.1 Å². The number of carbonyl (C=O) groups excluding carboxylic acids is 1. The molecular weight excluding hydrogens is 302 g/mol. The van der Waals surface area contributed by atoms with Gasteiger partial charge in [0.15, 0.2) is 5.78 Å². The molecule has 3 aromatic rings. The van der Waals surface area contributed by atoms with E-state index in [-0.39, 0.29) is 5.78 Å². The minimum atomic E-state index is 0.0457. The SMILES string of the molecule is Cc1ccc2[nH]cc(C(=O)c3ccc(Br)cc3)c2c1. The van der Waals surface area contributed by atoms with Crippen LogP contribution in [0.2, 0.25) is 0 Å². The fourth-order valence-corrected chi connectivity index (χ4v) is 2.44. The van der Waals surface area contributed by atoms with E-state index >= 15 is 0 Å². The van der Waals surface area contributed by atoms with E-state index in [9.17, 15) is 4.79 Å². The molecule has 0 bridgehead atoms. The van der Waals surface area contributed by atoms with Crippen molar-refractivity contribution >= 4 is 32.6 Å². The number of fused-ring (bicyclic) bond motifs is 1. The van der Waals surface area contributed by atoms with Crippen molar-refractivity contribution in [2.75, 3.05) is 0 Å². The Morgan fingerprint density at radius 3 is 2.58 bits per heavy atom. The van der Waals surface area contributed by atoms with E-state index in [1.807, 2.05) is 49.4 Å². The summed E-state index contributed by atoms with van der Waals surface area (Å²) in [5, 5.41) is 0.980. The van der Waals surface area contributed by atoms with E-state index in [0.717, 1.165) is 26.5 Å². The Morgan fingerprint density at radius 2 is 1.84 bits per heavy atom. The van der Waals surface area contributed by atoms with Crippen molar-refractivity contribution in [3.05, 3.63) is 69.8 Å². The zero-order valence-corrected chi connectivity index (χ0v) is 12.0. The van der Waals surface area contributed by atoms with Gasteiger partial charge in [0.25, 0.3) is 0 Å². The molecule has 0 unspecified atom stereocenters. The van der Waals surface area contributed by atoms with Gasteiger partial charge in [0.05, 0.1) is 0 Å². The molecule has 0 aliphatic carbocycles. The van der Waals surface area contributed by atoms with Gasteiger partial charge in [-0.25, -0.2) is 0 Å². The van der Waals surface area contributed by atoms with Crippen LogP contribution in [0.1, 0.15) is 21.5 Å². The lowest BCUT2D eigenvalue weighted by molar-refractivity contribution is 0.104. The van der Waals surface area contributed by atoms with Gasteiger partial charge < -0.3 is 4.98 Å². The second-order valence-electron chi connectivity index (χ2n) is 4.59. The number of aromatic amines is 1. The molecule has 0 aliphatic heterocycles. The number of nitrogens with one attached hydrogen (secondary N) is 1. The molecule has 19 heavy (non-hydrogen) atoms. The van der Waals surface area contributed by atoms with Crippen molar-refractivity contribution in [1.29, 1.82) is 0 Å². The average Bonchev–Trinajstić information content (AvgIpc) is 2.81. The quantitative estimate of drug-likeness (QED) is 0.696. The van der Waals surface area contributed by atoms with Crippen LogP contribution in [0.5, 0.6) is 0 Å². The molecule has 0 spiro atoms. The molecule has 94 valence electrons. The van der Waals surface area contributed by atoms with Gasteiger partial charge in [-0.05, 0) is 43.3 Å². The number of aryl methyl sites for hydroxylation is 1. The third-order valence-corrected chi connectivity index (χ3v) is 3.72. The van der Waals surface area contributed by atoms with Crippen LogP contribution in [-0.4, -0.2) is 10.8 Å². The van der Waals surface area contributed by atoms with E-state index < -0.39 is 0 Å². The number of hydrogen-bond donors (Lipinski definition) is 1. The number of ketones is 1. The third kappa shape index (κ3) is 2.22. The van der Waals surface area contributed by atoms with Crippen LogP contribution >= 0.6 is 15.9 Å². The summed E-state index contributed by atoms with van der Waals surface area (Å²) in [5.41, 5.74) is 3.56. The van der Waals surface area contributed by atoms with E-state index in [1.165, 1.54) is 0 Å². The first kappa shape index (κ1) is 12.2. The maximum absolute atomic E-state index is 12.5. The van der Waals surface area contributed by atoms with E-state index in [0.29, 0.717) is 5.56 Å². The summed E-state index contributed by atoms with van der Waals surface area (Å²) in [6, 6.07) is 13.5. The van der Waals surface area contributed by atoms with Crippen molar-refractivity contribution in [3.8, 4) is 0 Å². The Hall–Kier alpha value is -1.87. The van der Waals surface area contributed by atoms with Crippen LogP contribution in [0, 0.1) is 6.92 Å². The summed E-state index contributed by atoms with van der Waals surface area (Å²) in [7, 11) is 0. The molecule has 0 amide bonds. The van der Waals surface area contributed by atoms with Crippen molar-refractivity contribution < 1.29 is 4.79 Å². The van der Waals surface area contributed by atoms with Crippen LogP contribution in [0.25, 0.3) is 10.9 Å². The fourth-order valence-electron chi connectivity index (χ4n) is 2.18. The zero-order valence-electron chi connectivity index (χ0n) is 10.4. The van der Waals surface area contributed by atoms with Crippen LogP contribution in [0.4, 0.5) is 0 Å². The van der Waals surface area contributed by atoms with Gasteiger partial charge in [-0.3, -0.25) is 4.79 Å². The number of H-pyrrole nitrogens is 1. The molecule has 0 aliphatic rings. The maximum atomic E-state index is 12.5. The summed E-state index contributed by atoms with van der Waals surface area (Å²) in [6.45, 7) is 2.03. The van der Waals surface area contributed by atoms with Crippen molar-refractivity contribution in [1.82, 2.24) is 4.98 Å². The van der Waals surface area contributed by atoms with E-state index in [4.69, 9.17) is 0 Å². The monoisotopic (exact) mass is 313 g/mol. The standard InChI is InChI=1S/C16H12BrNO/c1-10-2-7-15-13(8-10)14(9-18-15)16(19)11-3-5-12(17)6-4-11/h2-9,18H,1H3. The zero-order chi connectivity index (χ0) is 13.4. The molecule has 3 heteroatoms. The first-order valence-electron chi connectivity index (χ1n) is 6.03. The number of aromatic nitrogens is 1. The average molecular weight is 314 g/mol. The Balaban J connectivity index is 2.11. The Labute approximate surface area is 119 Å². The Kier molecular flexibility index (Phi) is 2.99. The van der Waals surface area contributed by atoms with E-state index in [1.54, 1.807) is 6.20 Å². The molecule has 0 saturated carbocycles. The van der Waals surface area contributed by atoms with Gasteiger partial charge >= 0.3 is 0 Å². The third-order valence-electron chi connectivity index (χ3n) is 3.19. The second kappa shape index (κ2) is 4.67. The van der Waals surface area contributed by atoms with Gasteiger partial charge in [0.2, 0.25) is 0 Å². The van der Waals surface area contributed by atoms with E-state index in [2.05, 4.69) is 20.9 Å². The Morgan fingerprint density at radius 1 is 1.11 bits per heavy atom. The summed E-state index contributed by atoms with van der Waals surface area (Å²) in [5.74, 6) is 0.0457. The van der Waals surface area contributed by atoms with Crippen LogP contribution in [0.3, 0.4) is 0 Å². The molecule has 2 nitrogen and oxygen atoms in total. The normalized spacial score (nSPS) is 10.8. The highest BCUT2D eigenvalue weighted by molar-refractivity contribution is 9.10. The van der Waals surface area contributed by atoms with Crippen LogP contribution < -0.4 is 0 Å². The predicted molar refractivity (Wildman–Crippen MR) is 80.6 cm³/mol. The number of carbonyl (C=O) groups is 1.